The van der Waals surface area contributed by atoms with Crippen LogP contribution in [0.4, 0.5) is 0 Å². The van der Waals surface area contributed by atoms with E-state index in [9.17, 15) is 0 Å². The minimum absolute atomic E-state index is 0.971. The molecule has 0 spiro atoms. The predicted octanol–water partition coefficient (Wildman–Crippen LogP) is 11.2. The van der Waals surface area contributed by atoms with E-state index in [2.05, 4.69) is 178 Å². The van der Waals surface area contributed by atoms with E-state index in [1.165, 1.54) is 43.6 Å². The molecule has 0 saturated heterocycles. The van der Waals surface area contributed by atoms with Crippen molar-refractivity contribution < 1.29 is 0 Å². The molecule has 0 saturated carbocycles. The van der Waals surface area contributed by atoms with Gasteiger partial charge in [-0.05, 0) is 84.8 Å². The van der Waals surface area contributed by atoms with E-state index >= 15 is 0 Å². The van der Waals surface area contributed by atoms with Crippen LogP contribution in [-0.2, 0) is 0 Å². The molecule has 10 aromatic rings. The van der Waals surface area contributed by atoms with Gasteiger partial charge in [-0.1, -0.05) is 97.1 Å². The topological polar surface area (TPSA) is 27.7 Å². The maximum atomic E-state index is 4.86. The van der Waals surface area contributed by atoms with E-state index in [1.54, 1.807) is 0 Å². The van der Waals surface area contributed by atoms with Gasteiger partial charge in [-0.15, -0.1) is 0 Å². The molecule has 0 fully saturated rings. The normalized spacial score (nSPS) is 11.9. The van der Waals surface area contributed by atoms with E-state index < -0.39 is 0 Å². The van der Waals surface area contributed by atoms with Gasteiger partial charge in [0.2, 0.25) is 0 Å². The van der Waals surface area contributed by atoms with E-state index in [1.807, 2.05) is 6.07 Å². The van der Waals surface area contributed by atoms with Crippen molar-refractivity contribution in [3.8, 4) is 28.2 Å². The molecule has 7 aromatic carbocycles. The summed E-state index contributed by atoms with van der Waals surface area (Å²) in [5.74, 6) is 0.971. The zero-order valence-corrected chi connectivity index (χ0v) is 26.4. The van der Waals surface area contributed by atoms with Crippen LogP contribution in [0.15, 0.2) is 164 Å². The highest BCUT2D eigenvalue weighted by Crippen LogP contribution is 2.38. The van der Waals surface area contributed by atoms with Gasteiger partial charge in [0.25, 0.3) is 0 Å². The van der Waals surface area contributed by atoms with Gasteiger partial charge in [0.1, 0.15) is 5.82 Å². The van der Waals surface area contributed by atoms with Gasteiger partial charge in [0.05, 0.1) is 33.1 Å². The maximum Gasteiger partial charge on any atom is 0.111 e. The van der Waals surface area contributed by atoms with Crippen molar-refractivity contribution >= 4 is 54.6 Å². The van der Waals surface area contributed by atoms with Crippen molar-refractivity contribution in [2.24, 2.45) is 0 Å². The third-order valence-corrected chi connectivity index (χ3v) is 9.75. The summed E-state index contributed by atoms with van der Waals surface area (Å²) in [5.41, 5.74) is 12.5. The zero-order valence-electron chi connectivity index (χ0n) is 26.4. The molecular formula is C44H30N4. The fourth-order valence-corrected chi connectivity index (χ4v) is 7.72. The number of aromatic nitrogens is 4. The summed E-state index contributed by atoms with van der Waals surface area (Å²) in [7, 11) is 0. The number of aryl methyl sites for hydroxylation is 1. The Morgan fingerprint density at radius 1 is 0.354 bits per heavy atom. The van der Waals surface area contributed by atoms with Crippen LogP contribution in [0.25, 0.3) is 82.8 Å². The lowest BCUT2D eigenvalue weighted by Gasteiger charge is -2.16. The minimum Gasteiger partial charge on any atom is -0.309 e. The van der Waals surface area contributed by atoms with Crippen LogP contribution in [0.3, 0.4) is 0 Å². The second-order valence-corrected chi connectivity index (χ2v) is 12.5. The summed E-state index contributed by atoms with van der Waals surface area (Å²) < 4.78 is 7.09. The molecular weight excluding hydrogens is 585 g/mol. The Morgan fingerprint density at radius 2 is 0.792 bits per heavy atom. The van der Waals surface area contributed by atoms with Gasteiger partial charge in [0, 0.05) is 38.6 Å². The summed E-state index contributed by atoms with van der Waals surface area (Å²) in [6.45, 7) is 2.08. The molecule has 4 heteroatoms. The first-order valence-corrected chi connectivity index (χ1v) is 16.4. The fourth-order valence-electron chi connectivity index (χ4n) is 7.72. The Balaban J connectivity index is 1.28. The summed E-state index contributed by atoms with van der Waals surface area (Å²) in [4.78, 5) is 4.86. The van der Waals surface area contributed by atoms with Gasteiger partial charge in [0.15, 0.2) is 0 Å². The first-order valence-electron chi connectivity index (χ1n) is 16.4. The molecule has 0 radical (unpaired) electrons. The van der Waals surface area contributed by atoms with Crippen molar-refractivity contribution in [3.05, 3.63) is 170 Å². The molecule has 0 unspecified atom stereocenters. The van der Waals surface area contributed by atoms with Crippen molar-refractivity contribution in [1.82, 2.24) is 18.7 Å². The van der Waals surface area contributed by atoms with Gasteiger partial charge >= 0.3 is 0 Å². The first kappa shape index (κ1) is 26.8. The average molecular weight is 615 g/mol. The predicted molar refractivity (Wildman–Crippen MR) is 200 cm³/mol. The van der Waals surface area contributed by atoms with Crippen LogP contribution < -0.4 is 0 Å². The third kappa shape index (κ3) is 3.93. The fraction of sp³-hybridized carbons (Fsp3) is 0.0227. The highest BCUT2D eigenvalue weighted by atomic mass is 15.1. The summed E-state index contributed by atoms with van der Waals surface area (Å²) in [6, 6.07) is 59.1. The number of rotatable bonds is 4. The number of hydrogen-bond donors (Lipinski definition) is 0. The summed E-state index contributed by atoms with van der Waals surface area (Å²) >= 11 is 0. The van der Waals surface area contributed by atoms with E-state index in [0.29, 0.717) is 0 Å². The van der Waals surface area contributed by atoms with E-state index in [-0.39, 0.29) is 0 Å². The molecule has 4 nitrogen and oxygen atoms in total. The largest absolute Gasteiger partial charge is 0.309 e. The average Bonchev–Trinajstić information content (AvgIpc) is 3.78. The molecule has 0 bridgehead atoms. The molecule has 0 amide bonds. The Hall–Kier alpha value is -6.39. The van der Waals surface area contributed by atoms with Crippen LogP contribution in [-0.4, -0.2) is 18.7 Å². The first-order chi connectivity index (χ1) is 23.7. The van der Waals surface area contributed by atoms with Crippen LogP contribution >= 0.6 is 0 Å². The molecule has 226 valence electrons. The molecule has 0 aliphatic heterocycles. The van der Waals surface area contributed by atoms with Crippen molar-refractivity contribution in [2.45, 2.75) is 6.92 Å². The van der Waals surface area contributed by atoms with Gasteiger partial charge in [-0.25, -0.2) is 4.98 Å². The number of hydrogen-bond acceptors (Lipinski definition) is 1. The lowest BCUT2D eigenvalue weighted by molar-refractivity contribution is 1.00. The van der Waals surface area contributed by atoms with Crippen LogP contribution in [0.2, 0.25) is 0 Å². The van der Waals surface area contributed by atoms with E-state index in [4.69, 9.17) is 4.98 Å². The smallest absolute Gasteiger partial charge is 0.111 e. The van der Waals surface area contributed by atoms with Gasteiger partial charge < -0.3 is 9.13 Å². The lowest BCUT2D eigenvalue weighted by atomic mass is 10.0. The molecule has 0 N–H and O–H groups in total. The van der Waals surface area contributed by atoms with Crippen molar-refractivity contribution in [3.63, 3.8) is 0 Å². The Morgan fingerprint density at radius 3 is 1.31 bits per heavy atom. The monoisotopic (exact) mass is 614 g/mol. The highest BCUT2D eigenvalue weighted by molar-refractivity contribution is 6.10. The lowest BCUT2D eigenvalue weighted by Crippen LogP contribution is -2.01. The second kappa shape index (κ2) is 10.3. The minimum atomic E-state index is 0.971. The molecule has 10 rings (SSSR count). The molecule has 0 aliphatic carbocycles. The Kier molecular flexibility index (Phi) is 5.75. The van der Waals surface area contributed by atoms with E-state index in [0.717, 1.165) is 45.0 Å². The van der Waals surface area contributed by atoms with Crippen molar-refractivity contribution in [1.29, 1.82) is 0 Å². The molecule has 48 heavy (non-hydrogen) atoms. The Bertz CT molecular complexity index is 2620. The number of para-hydroxylation sites is 6. The summed E-state index contributed by atoms with van der Waals surface area (Å²) in [6.07, 6.45) is 0. The molecule has 0 aliphatic rings. The molecule has 3 heterocycles. The van der Waals surface area contributed by atoms with Gasteiger partial charge in [-0.2, -0.15) is 0 Å². The maximum absolute atomic E-state index is 4.86. The SMILES string of the molecule is Cc1nc2ccccc2n1-c1cccc(-c2cc(-n3c4ccccc4c4ccccc43)cc(-n3c4ccccc4c4ccccc43)c2)c1. The molecule has 0 atom stereocenters. The van der Waals surface area contributed by atoms with Crippen LogP contribution in [0, 0.1) is 6.92 Å². The number of nitrogens with zero attached hydrogens (tertiary/aromatic N) is 4. The number of fused-ring (bicyclic) bond motifs is 7. The Labute approximate surface area is 277 Å². The second-order valence-electron chi connectivity index (χ2n) is 12.5. The molecule has 3 aromatic heterocycles. The van der Waals surface area contributed by atoms with Crippen LogP contribution in [0.1, 0.15) is 5.82 Å². The third-order valence-electron chi connectivity index (χ3n) is 9.75. The standard InChI is InChI=1S/C44H30N4/c1-29-45-39-19-6-11-24-44(39)46(29)32-14-12-13-30(25-32)31-26-33(47-40-20-7-2-15-35(40)36-16-3-8-21-41(36)47)28-34(27-31)48-42-22-9-4-17-37(42)38-18-5-10-23-43(38)48/h2-28H,1H3. The van der Waals surface area contributed by atoms with Crippen molar-refractivity contribution in [2.75, 3.05) is 0 Å². The van der Waals surface area contributed by atoms with Gasteiger partial charge in [-0.3, -0.25) is 4.57 Å². The number of benzene rings is 7. The number of imidazole rings is 1. The quantitative estimate of drug-likeness (QED) is 0.194. The highest BCUT2D eigenvalue weighted by Gasteiger charge is 2.18. The van der Waals surface area contributed by atoms with Crippen LogP contribution in [0.5, 0.6) is 0 Å². The zero-order chi connectivity index (χ0) is 31.8. The summed E-state index contributed by atoms with van der Waals surface area (Å²) in [5, 5.41) is 5.01.